The lowest BCUT2D eigenvalue weighted by atomic mass is 9.94. The predicted molar refractivity (Wildman–Crippen MR) is 73.5 cm³/mol. The maximum absolute atomic E-state index is 12.8. The van der Waals surface area contributed by atoms with Crippen molar-refractivity contribution in [1.29, 1.82) is 0 Å². The van der Waals surface area contributed by atoms with Crippen LogP contribution in [0.3, 0.4) is 0 Å². The third kappa shape index (κ3) is 3.88. The van der Waals surface area contributed by atoms with Gasteiger partial charge in [-0.2, -0.15) is 31.4 Å². The molecule has 24 heavy (non-hydrogen) atoms. The van der Waals surface area contributed by atoms with Crippen molar-refractivity contribution in [2.45, 2.75) is 24.9 Å². The summed E-state index contributed by atoms with van der Waals surface area (Å²) < 4.78 is 76.9. The average molecular weight is 355 g/mol. The van der Waals surface area contributed by atoms with Gasteiger partial charge in [0.1, 0.15) is 5.82 Å². The summed E-state index contributed by atoms with van der Waals surface area (Å²) in [6, 6.07) is 0.350. The van der Waals surface area contributed by atoms with Gasteiger partial charge in [0.2, 0.25) is 0 Å². The predicted octanol–water partition coefficient (Wildman–Crippen LogP) is 2.79. The Hall–Kier alpha value is -2.50. The van der Waals surface area contributed by atoms with Gasteiger partial charge in [0, 0.05) is 11.8 Å². The molecule has 0 saturated heterocycles. The first-order valence-electron chi connectivity index (χ1n) is 6.08. The lowest BCUT2D eigenvalue weighted by molar-refractivity contribution is -0.376. The summed E-state index contributed by atoms with van der Waals surface area (Å²) in [5.41, 5.74) is -6.65. The smallest absolute Gasteiger partial charge is 0.369 e. The van der Waals surface area contributed by atoms with Gasteiger partial charge in [-0.25, -0.2) is 4.99 Å². The third-order valence-electron chi connectivity index (χ3n) is 2.67. The zero-order chi connectivity index (χ0) is 18.6. The topological polar surface area (TPSA) is 82.8 Å². The van der Waals surface area contributed by atoms with E-state index in [-0.39, 0.29) is 12.0 Å². The zero-order valence-electron chi connectivity index (χ0n) is 12.0. The molecule has 0 aliphatic carbocycles. The van der Waals surface area contributed by atoms with Crippen LogP contribution >= 0.6 is 0 Å². The Labute approximate surface area is 131 Å². The molecule has 1 rings (SSSR count). The Balaban J connectivity index is 3.35. The number of hydrogen-bond acceptors (Lipinski definition) is 6. The molecule has 2 N–H and O–H groups in total. The second-order valence-electron chi connectivity index (χ2n) is 4.24. The van der Waals surface area contributed by atoms with Crippen molar-refractivity contribution in [1.82, 2.24) is 10.2 Å². The number of aromatic nitrogens is 2. The number of anilines is 1. The quantitative estimate of drug-likeness (QED) is 0.629. The molecule has 0 aliphatic heterocycles. The third-order valence-corrected chi connectivity index (χ3v) is 2.67. The highest BCUT2D eigenvalue weighted by molar-refractivity contribution is 5.55. The highest BCUT2D eigenvalue weighted by Crippen LogP contribution is 2.50. The molecule has 0 saturated carbocycles. The van der Waals surface area contributed by atoms with Crippen LogP contribution in [0.1, 0.15) is 12.5 Å². The molecule has 0 spiro atoms. The SMILES string of the molecule is C=N/C(=C\N=C/C)Nc1cc(C(O)(C(F)(F)F)C(F)(F)F)cnn1. The van der Waals surface area contributed by atoms with Gasteiger partial charge >= 0.3 is 12.4 Å². The highest BCUT2D eigenvalue weighted by atomic mass is 19.4. The van der Waals surface area contributed by atoms with Gasteiger partial charge in [-0.3, -0.25) is 4.99 Å². The van der Waals surface area contributed by atoms with Crippen molar-refractivity contribution in [2.75, 3.05) is 5.32 Å². The fourth-order valence-corrected chi connectivity index (χ4v) is 1.50. The molecule has 1 heterocycles. The number of nitrogens with zero attached hydrogens (tertiary/aromatic N) is 4. The summed E-state index contributed by atoms with van der Waals surface area (Å²) in [6.07, 6.45) is -9.43. The molecule has 0 unspecified atom stereocenters. The van der Waals surface area contributed by atoms with Crippen molar-refractivity contribution >= 4 is 18.7 Å². The Kier molecular flexibility index (Phi) is 5.66. The molecule has 132 valence electrons. The minimum Gasteiger partial charge on any atom is -0.369 e. The fourth-order valence-electron chi connectivity index (χ4n) is 1.50. The molecule has 0 atom stereocenters. The van der Waals surface area contributed by atoms with Crippen molar-refractivity contribution in [3.63, 3.8) is 0 Å². The molecule has 1 aromatic rings. The number of nitrogens with one attached hydrogen (secondary N) is 1. The molecule has 0 fully saturated rings. The molecule has 0 bridgehead atoms. The van der Waals surface area contributed by atoms with Crippen molar-refractivity contribution in [3.05, 3.63) is 29.8 Å². The lowest BCUT2D eigenvalue weighted by Crippen LogP contribution is -2.54. The molecular formula is C12H11F6N5O. The van der Waals surface area contributed by atoms with E-state index in [1.165, 1.54) is 6.21 Å². The van der Waals surface area contributed by atoms with Gasteiger partial charge < -0.3 is 10.4 Å². The summed E-state index contributed by atoms with van der Waals surface area (Å²) in [5, 5.41) is 17.9. The number of aliphatic hydroxyl groups is 1. The minimum absolute atomic E-state index is 0.109. The van der Waals surface area contributed by atoms with E-state index < -0.39 is 29.3 Å². The van der Waals surface area contributed by atoms with Gasteiger partial charge in [0.15, 0.2) is 5.82 Å². The van der Waals surface area contributed by atoms with Crippen molar-refractivity contribution in [2.24, 2.45) is 9.98 Å². The van der Waals surface area contributed by atoms with Crippen LogP contribution in [-0.4, -0.2) is 40.6 Å². The van der Waals surface area contributed by atoms with E-state index in [9.17, 15) is 31.4 Å². The van der Waals surface area contributed by atoms with Crippen LogP contribution in [-0.2, 0) is 5.60 Å². The molecule has 1 aromatic heterocycles. The van der Waals surface area contributed by atoms with Crippen LogP contribution in [0.25, 0.3) is 0 Å². The second-order valence-corrected chi connectivity index (χ2v) is 4.24. The van der Waals surface area contributed by atoms with E-state index >= 15 is 0 Å². The largest absolute Gasteiger partial charge is 0.430 e. The van der Waals surface area contributed by atoms with Crippen molar-refractivity contribution in [3.8, 4) is 0 Å². The molecule has 0 aliphatic rings. The average Bonchev–Trinajstić information content (AvgIpc) is 2.48. The fraction of sp³-hybridized carbons (Fsp3) is 0.333. The first kappa shape index (κ1) is 19.5. The molecule has 0 radical (unpaired) electrons. The van der Waals surface area contributed by atoms with Crippen LogP contribution < -0.4 is 5.32 Å². The molecule has 12 heteroatoms. The van der Waals surface area contributed by atoms with Crippen LogP contribution in [0.2, 0.25) is 0 Å². The number of rotatable bonds is 5. The maximum Gasteiger partial charge on any atom is 0.430 e. The summed E-state index contributed by atoms with van der Waals surface area (Å²) in [5.74, 6) is -0.633. The van der Waals surface area contributed by atoms with Gasteiger partial charge in [-0.1, -0.05) is 0 Å². The second kappa shape index (κ2) is 6.95. The molecule has 0 aromatic carbocycles. The van der Waals surface area contributed by atoms with Crippen LogP contribution in [0.4, 0.5) is 32.2 Å². The van der Waals surface area contributed by atoms with Crippen LogP contribution in [0, 0.1) is 0 Å². The van der Waals surface area contributed by atoms with Crippen LogP contribution in [0.5, 0.6) is 0 Å². The van der Waals surface area contributed by atoms with Gasteiger partial charge in [-0.15, -0.1) is 5.10 Å². The Morgan fingerprint density at radius 2 is 1.83 bits per heavy atom. The summed E-state index contributed by atoms with van der Waals surface area (Å²) in [4.78, 5) is 7.07. The number of alkyl halides is 6. The van der Waals surface area contributed by atoms with Crippen LogP contribution in [0.15, 0.2) is 34.3 Å². The van der Waals surface area contributed by atoms with E-state index in [0.29, 0.717) is 6.07 Å². The Morgan fingerprint density at radius 1 is 1.25 bits per heavy atom. The van der Waals surface area contributed by atoms with Crippen molar-refractivity contribution < 1.29 is 31.4 Å². The monoisotopic (exact) mass is 355 g/mol. The maximum atomic E-state index is 12.8. The number of hydrogen-bond donors (Lipinski definition) is 2. The normalized spacial score (nSPS) is 14.1. The Morgan fingerprint density at radius 3 is 2.29 bits per heavy atom. The van der Waals surface area contributed by atoms with E-state index in [4.69, 9.17) is 0 Å². The summed E-state index contributed by atoms with van der Waals surface area (Å²) in [7, 11) is 0. The Bertz CT molecular complexity index is 638. The standard InChI is InChI=1S/C12H11F6N5O/c1-3-20-6-9(19-2)22-8-4-7(5-21-23-8)10(24,11(13,14)15)12(16,17)18/h3-6,24H,2H2,1H3,(H,22,23)/b9-6+,20-3-. The first-order valence-corrected chi connectivity index (χ1v) is 6.08. The molecule has 0 amide bonds. The van der Waals surface area contributed by atoms with E-state index in [0.717, 1.165) is 6.20 Å². The minimum atomic E-state index is -6.02. The number of aliphatic imine (C=N–C) groups is 2. The molecule has 6 nitrogen and oxygen atoms in total. The summed E-state index contributed by atoms with van der Waals surface area (Å²) >= 11 is 0. The van der Waals surface area contributed by atoms with E-state index in [1.807, 2.05) is 0 Å². The highest BCUT2D eigenvalue weighted by Gasteiger charge is 2.71. The first-order chi connectivity index (χ1) is 11.0. The van der Waals surface area contributed by atoms with Gasteiger partial charge in [0.05, 0.1) is 12.4 Å². The van der Waals surface area contributed by atoms with E-state index in [2.05, 4.69) is 32.2 Å². The van der Waals surface area contributed by atoms with Gasteiger partial charge in [0.25, 0.3) is 5.60 Å². The number of halogens is 6. The molecular weight excluding hydrogens is 344 g/mol. The lowest BCUT2D eigenvalue weighted by Gasteiger charge is -2.32. The summed E-state index contributed by atoms with van der Waals surface area (Å²) in [6.45, 7) is 4.71. The van der Waals surface area contributed by atoms with Gasteiger partial charge in [-0.05, 0) is 19.7 Å². The van der Waals surface area contributed by atoms with E-state index in [1.54, 1.807) is 6.92 Å². The zero-order valence-corrected chi connectivity index (χ0v) is 12.0.